The number of amidine groups is 1. The normalized spacial score (nSPS) is 13.0. The molecular weight excluding hydrogens is 254 g/mol. The Labute approximate surface area is 119 Å². The molecule has 0 fully saturated rings. The lowest BCUT2D eigenvalue weighted by Gasteiger charge is -2.14. The number of amides is 1. The zero-order valence-corrected chi connectivity index (χ0v) is 12.1. The molecule has 1 rings (SSSR count). The average Bonchev–Trinajstić information content (AvgIpc) is 2.48. The second-order valence-electron chi connectivity index (χ2n) is 4.80. The summed E-state index contributed by atoms with van der Waals surface area (Å²) in [6.07, 6.45) is 3.92. The van der Waals surface area contributed by atoms with Gasteiger partial charge in [-0.05, 0) is 37.1 Å². The molecule has 110 valence electrons. The van der Waals surface area contributed by atoms with Gasteiger partial charge < -0.3 is 16.3 Å². The molecule has 0 spiro atoms. The minimum Gasteiger partial charge on any atom is -0.409 e. The molecule has 0 heterocycles. The third-order valence-electron chi connectivity index (χ3n) is 3.33. The standard InChI is InChI=1S/C15H23N3O2/c1-3-5-6-11(4-2)15(19)17-13-9-7-12(8-10-13)14(16)18-20/h7-11,20H,3-6H2,1-2H3,(H2,16,18)(H,17,19). The van der Waals surface area contributed by atoms with Crippen LogP contribution in [0.15, 0.2) is 29.4 Å². The zero-order chi connectivity index (χ0) is 15.0. The fraction of sp³-hybridized carbons (Fsp3) is 0.467. The van der Waals surface area contributed by atoms with E-state index >= 15 is 0 Å². The van der Waals surface area contributed by atoms with Crippen LogP contribution < -0.4 is 11.1 Å². The number of oxime groups is 1. The van der Waals surface area contributed by atoms with E-state index in [0.29, 0.717) is 5.56 Å². The number of nitrogens with two attached hydrogens (primary N) is 1. The van der Waals surface area contributed by atoms with E-state index in [2.05, 4.69) is 17.4 Å². The van der Waals surface area contributed by atoms with Gasteiger partial charge in [0.2, 0.25) is 5.91 Å². The monoisotopic (exact) mass is 277 g/mol. The molecule has 0 aromatic heterocycles. The van der Waals surface area contributed by atoms with E-state index in [0.717, 1.165) is 31.4 Å². The first kappa shape index (κ1) is 16.0. The molecule has 0 radical (unpaired) electrons. The lowest BCUT2D eigenvalue weighted by Crippen LogP contribution is -2.22. The van der Waals surface area contributed by atoms with Gasteiger partial charge in [-0.3, -0.25) is 4.79 Å². The predicted octanol–water partition coefficient (Wildman–Crippen LogP) is 2.94. The van der Waals surface area contributed by atoms with Gasteiger partial charge in [-0.1, -0.05) is 31.8 Å². The Morgan fingerprint density at radius 1 is 1.35 bits per heavy atom. The molecule has 1 aromatic rings. The number of benzene rings is 1. The maximum Gasteiger partial charge on any atom is 0.227 e. The Morgan fingerprint density at radius 3 is 2.50 bits per heavy atom. The number of anilines is 1. The smallest absolute Gasteiger partial charge is 0.227 e. The van der Waals surface area contributed by atoms with Crippen LogP contribution in [0.4, 0.5) is 5.69 Å². The van der Waals surface area contributed by atoms with Crippen LogP contribution >= 0.6 is 0 Å². The van der Waals surface area contributed by atoms with Gasteiger partial charge in [0.15, 0.2) is 5.84 Å². The zero-order valence-electron chi connectivity index (χ0n) is 12.1. The molecule has 1 unspecified atom stereocenters. The fourth-order valence-corrected chi connectivity index (χ4v) is 2.00. The molecular formula is C15H23N3O2. The van der Waals surface area contributed by atoms with E-state index in [1.165, 1.54) is 0 Å². The van der Waals surface area contributed by atoms with Gasteiger partial charge in [0.1, 0.15) is 0 Å². The third kappa shape index (κ3) is 4.57. The summed E-state index contributed by atoms with van der Waals surface area (Å²) in [6.45, 7) is 4.15. The van der Waals surface area contributed by atoms with Crippen molar-refractivity contribution < 1.29 is 10.0 Å². The second kappa shape index (κ2) is 8.19. The topological polar surface area (TPSA) is 87.7 Å². The van der Waals surface area contributed by atoms with Crippen molar-refractivity contribution in [1.82, 2.24) is 0 Å². The lowest BCUT2D eigenvalue weighted by atomic mass is 9.98. The first-order valence-electron chi connectivity index (χ1n) is 7.01. The van der Waals surface area contributed by atoms with Crippen molar-refractivity contribution >= 4 is 17.4 Å². The minimum atomic E-state index is 0.0530. The lowest BCUT2D eigenvalue weighted by molar-refractivity contribution is -0.120. The van der Waals surface area contributed by atoms with Gasteiger partial charge >= 0.3 is 0 Å². The van der Waals surface area contributed by atoms with Crippen molar-refractivity contribution in [3.8, 4) is 0 Å². The number of carbonyl (C=O) groups is 1. The molecule has 0 aliphatic rings. The SMILES string of the molecule is CCCCC(CC)C(=O)Nc1ccc(/C(N)=N/O)cc1. The molecule has 0 bridgehead atoms. The quantitative estimate of drug-likeness (QED) is 0.310. The van der Waals surface area contributed by atoms with Crippen molar-refractivity contribution in [3.63, 3.8) is 0 Å². The van der Waals surface area contributed by atoms with Gasteiger partial charge in [0.05, 0.1) is 0 Å². The van der Waals surface area contributed by atoms with Crippen LogP contribution in [0.2, 0.25) is 0 Å². The Morgan fingerprint density at radius 2 is 2.00 bits per heavy atom. The third-order valence-corrected chi connectivity index (χ3v) is 3.33. The number of nitrogens with one attached hydrogen (secondary N) is 1. The molecule has 1 aromatic carbocycles. The highest BCUT2D eigenvalue weighted by atomic mass is 16.4. The van der Waals surface area contributed by atoms with Gasteiger partial charge in [0, 0.05) is 17.2 Å². The fourth-order valence-electron chi connectivity index (χ4n) is 2.00. The Kier molecular flexibility index (Phi) is 6.56. The molecule has 5 heteroatoms. The van der Waals surface area contributed by atoms with Crippen LogP contribution in [-0.2, 0) is 4.79 Å². The van der Waals surface area contributed by atoms with Crippen molar-refractivity contribution in [3.05, 3.63) is 29.8 Å². The summed E-state index contributed by atoms with van der Waals surface area (Å²) in [5, 5.41) is 14.4. The summed E-state index contributed by atoms with van der Waals surface area (Å²) >= 11 is 0. The largest absolute Gasteiger partial charge is 0.409 e. The molecule has 0 saturated heterocycles. The molecule has 5 nitrogen and oxygen atoms in total. The Balaban J connectivity index is 2.65. The maximum absolute atomic E-state index is 12.1. The number of rotatable bonds is 7. The number of carbonyl (C=O) groups excluding carboxylic acids is 1. The molecule has 4 N–H and O–H groups in total. The highest BCUT2D eigenvalue weighted by Gasteiger charge is 2.15. The molecule has 1 atom stereocenters. The summed E-state index contributed by atoms with van der Waals surface area (Å²) in [4.78, 5) is 12.1. The van der Waals surface area contributed by atoms with E-state index in [4.69, 9.17) is 10.9 Å². The van der Waals surface area contributed by atoms with Gasteiger partial charge in [0.25, 0.3) is 0 Å². The van der Waals surface area contributed by atoms with Gasteiger partial charge in [-0.15, -0.1) is 0 Å². The van der Waals surface area contributed by atoms with Crippen LogP contribution in [0.5, 0.6) is 0 Å². The minimum absolute atomic E-state index is 0.0530. The first-order valence-corrected chi connectivity index (χ1v) is 7.01. The summed E-state index contributed by atoms with van der Waals surface area (Å²) < 4.78 is 0. The Hall–Kier alpha value is -2.04. The van der Waals surface area contributed by atoms with Crippen LogP contribution in [0.3, 0.4) is 0 Å². The van der Waals surface area contributed by atoms with E-state index in [1.807, 2.05) is 6.92 Å². The van der Waals surface area contributed by atoms with E-state index in [-0.39, 0.29) is 17.7 Å². The van der Waals surface area contributed by atoms with Crippen LogP contribution in [-0.4, -0.2) is 17.0 Å². The first-order chi connectivity index (χ1) is 9.62. The predicted molar refractivity (Wildman–Crippen MR) is 80.9 cm³/mol. The molecule has 1 amide bonds. The summed E-state index contributed by atoms with van der Waals surface area (Å²) in [5.74, 6) is 0.161. The molecule has 0 saturated carbocycles. The highest BCUT2D eigenvalue weighted by Crippen LogP contribution is 2.16. The van der Waals surface area contributed by atoms with Gasteiger partial charge in [-0.2, -0.15) is 0 Å². The molecule has 20 heavy (non-hydrogen) atoms. The summed E-state index contributed by atoms with van der Waals surface area (Å²) in [7, 11) is 0. The van der Waals surface area contributed by atoms with Crippen LogP contribution in [0.25, 0.3) is 0 Å². The van der Waals surface area contributed by atoms with E-state index in [1.54, 1.807) is 24.3 Å². The Bertz CT molecular complexity index is 455. The van der Waals surface area contributed by atoms with Crippen LogP contribution in [0.1, 0.15) is 45.1 Å². The number of hydrogen-bond acceptors (Lipinski definition) is 3. The number of unbranched alkanes of at least 4 members (excludes halogenated alkanes) is 1. The van der Waals surface area contributed by atoms with Crippen molar-refractivity contribution in [1.29, 1.82) is 0 Å². The highest BCUT2D eigenvalue weighted by molar-refractivity contribution is 5.98. The van der Waals surface area contributed by atoms with E-state index < -0.39 is 0 Å². The van der Waals surface area contributed by atoms with E-state index in [9.17, 15) is 4.79 Å². The molecule has 0 aliphatic heterocycles. The second-order valence-corrected chi connectivity index (χ2v) is 4.80. The molecule has 0 aliphatic carbocycles. The number of nitrogens with zero attached hydrogens (tertiary/aromatic N) is 1. The van der Waals surface area contributed by atoms with Crippen molar-refractivity contribution in [2.24, 2.45) is 16.8 Å². The van der Waals surface area contributed by atoms with Crippen LogP contribution in [0, 0.1) is 5.92 Å². The number of hydrogen-bond donors (Lipinski definition) is 3. The van der Waals surface area contributed by atoms with Crippen molar-refractivity contribution in [2.45, 2.75) is 39.5 Å². The summed E-state index contributed by atoms with van der Waals surface area (Å²) in [5.41, 5.74) is 6.82. The average molecular weight is 277 g/mol. The maximum atomic E-state index is 12.1. The van der Waals surface area contributed by atoms with Crippen molar-refractivity contribution in [2.75, 3.05) is 5.32 Å². The van der Waals surface area contributed by atoms with Gasteiger partial charge in [-0.25, -0.2) is 0 Å². The summed E-state index contributed by atoms with van der Waals surface area (Å²) in [6, 6.07) is 6.91.